The van der Waals surface area contributed by atoms with E-state index in [4.69, 9.17) is 5.11 Å². The lowest BCUT2D eigenvalue weighted by molar-refractivity contribution is -0.137. The Morgan fingerprint density at radius 2 is 2.09 bits per heavy atom. The van der Waals surface area contributed by atoms with Gasteiger partial charge in [-0.05, 0) is 32.4 Å². The molecule has 6 nitrogen and oxygen atoms in total. The van der Waals surface area contributed by atoms with Gasteiger partial charge in [-0.3, -0.25) is 9.59 Å². The van der Waals surface area contributed by atoms with Crippen LogP contribution in [0.2, 0.25) is 0 Å². The third-order valence-electron chi connectivity index (χ3n) is 3.15. The third kappa shape index (κ3) is 4.17. The van der Waals surface area contributed by atoms with Crippen molar-refractivity contribution in [1.29, 1.82) is 0 Å². The molecule has 3 N–H and O–H groups in total. The van der Waals surface area contributed by atoms with Crippen molar-refractivity contribution in [2.75, 3.05) is 0 Å². The number of nitrogens with zero attached hydrogens (tertiary/aromatic N) is 1. The standard InChI is InChI=1S/C14H16FN3O3.ClH/c1-14(2,4-3-11(19)20)18-13(21)9-5-8(15)6-10-12(9)17-7-16-10;/h5-7H,3-4H2,1-2H3,(H,16,17)(H,18,21)(H,19,20);1H. The molecule has 1 heterocycles. The van der Waals surface area contributed by atoms with Crippen LogP contribution in [0, 0.1) is 5.82 Å². The molecule has 2 rings (SSSR count). The van der Waals surface area contributed by atoms with Crippen LogP contribution in [0.15, 0.2) is 18.5 Å². The van der Waals surface area contributed by atoms with Crippen LogP contribution in [0.5, 0.6) is 0 Å². The molecule has 0 spiro atoms. The van der Waals surface area contributed by atoms with Crippen LogP contribution in [-0.4, -0.2) is 32.5 Å². The molecule has 0 saturated heterocycles. The van der Waals surface area contributed by atoms with Gasteiger partial charge in [-0.2, -0.15) is 0 Å². The zero-order valence-electron chi connectivity index (χ0n) is 12.1. The summed E-state index contributed by atoms with van der Waals surface area (Å²) in [4.78, 5) is 29.7. The number of amides is 1. The predicted octanol–water partition coefficient (Wildman–Crippen LogP) is 2.50. The Bertz CT molecular complexity index is 700. The molecule has 0 aliphatic carbocycles. The smallest absolute Gasteiger partial charge is 0.303 e. The molecule has 1 amide bonds. The molecule has 0 bridgehead atoms. The topological polar surface area (TPSA) is 95.1 Å². The van der Waals surface area contributed by atoms with Gasteiger partial charge in [0.15, 0.2) is 0 Å². The van der Waals surface area contributed by atoms with Gasteiger partial charge in [0.25, 0.3) is 5.91 Å². The van der Waals surface area contributed by atoms with Gasteiger partial charge in [-0.25, -0.2) is 9.37 Å². The summed E-state index contributed by atoms with van der Waals surface area (Å²) in [7, 11) is 0. The van der Waals surface area contributed by atoms with E-state index >= 15 is 0 Å². The lowest BCUT2D eigenvalue weighted by atomic mass is 9.97. The molecular weight excluding hydrogens is 313 g/mol. The highest BCUT2D eigenvalue weighted by Gasteiger charge is 2.24. The van der Waals surface area contributed by atoms with Gasteiger partial charge >= 0.3 is 5.97 Å². The van der Waals surface area contributed by atoms with Gasteiger partial charge in [0.2, 0.25) is 0 Å². The van der Waals surface area contributed by atoms with E-state index in [2.05, 4.69) is 15.3 Å². The number of aliphatic carboxylic acids is 1. The summed E-state index contributed by atoms with van der Waals surface area (Å²) in [6.07, 6.45) is 1.60. The summed E-state index contributed by atoms with van der Waals surface area (Å²) < 4.78 is 13.5. The lowest BCUT2D eigenvalue weighted by Crippen LogP contribution is -2.43. The number of carbonyl (C=O) groups excluding carboxylic acids is 1. The first-order chi connectivity index (χ1) is 9.78. The van der Waals surface area contributed by atoms with E-state index in [1.807, 2.05) is 0 Å². The van der Waals surface area contributed by atoms with E-state index in [0.717, 1.165) is 6.07 Å². The number of benzene rings is 1. The first-order valence-corrected chi connectivity index (χ1v) is 6.45. The molecule has 8 heteroatoms. The zero-order valence-corrected chi connectivity index (χ0v) is 13.0. The van der Waals surface area contributed by atoms with Crippen molar-refractivity contribution in [2.45, 2.75) is 32.2 Å². The van der Waals surface area contributed by atoms with Crippen LogP contribution in [0.25, 0.3) is 11.0 Å². The molecule has 120 valence electrons. The minimum absolute atomic E-state index is 0. The van der Waals surface area contributed by atoms with E-state index in [9.17, 15) is 14.0 Å². The van der Waals surface area contributed by atoms with Gasteiger partial charge < -0.3 is 15.4 Å². The quantitative estimate of drug-likeness (QED) is 0.785. The summed E-state index contributed by atoms with van der Waals surface area (Å²) >= 11 is 0. The average Bonchev–Trinajstić information content (AvgIpc) is 2.82. The number of fused-ring (bicyclic) bond motifs is 1. The SMILES string of the molecule is CC(C)(CCC(=O)O)NC(=O)c1cc(F)cc2[nH]cnc12.Cl. The van der Waals surface area contributed by atoms with Gasteiger partial charge in [0, 0.05) is 12.0 Å². The second-order valence-corrected chi connectivity index (χ2v) is 5.48. The number of aromatic amines is 1. The van der Waals surface area contributed by atoms with Crippen LogP contribution in [-0.2, 0) is 4.79 Å². The molecule has 2 aromatic rings. The Morgan fingerprint density at radius 3 is 2.73 bits per heavy atom. The van der Waals surface area contributed by atoms with E-state index in [0.29, 0.717) is 11.0 Å². The number of halogens is 2. The Labute approximate surface area is 132 Å². The number of imidazole rings is 1. The monoisotopic (exact) mass is 329 g/mol. The molecule has 22 heavy (non-hydrogen) atoms. The number of hydrogen-bond donors (Lipinski definition) is 3. The number of carboxylic acid groups (broad SMARTS) is 1. The maximum Gasteiger partial charge on any atom is 0.303 e. The fourth-order valence-corrected chi connectivity index (χ4v) is 2.04. The molecule has 0 unspecified atom stereocenters. The molecule has 1 aromatic carbocycles. The second-order valence-electron chi connectivity index (χ2n) is 5.48. The van der Waals surface area contributed by atoms with Crippen molar-refractivity contribution in [1.82, 2.24) is 15.3 Å². The number of nitrogens with one attached hydrogen (secondary N) is 2. The van der Waals surface area contributed by atoms with Crippen molar-refractivity contribution in [2.24, 2.45) is 0 Å². The summed E-state index contributed by atoms with van der Waals surface area (Å²) in [6, 6.07) is 2.38. The number of rotatable bonds is 5. The number of aromatic nitrogens is 2. The van der Waals surface area contributed by atoms with Crippen LogP contribution < -0.4 is 5.32 Å². The van der Waals surface area contributed by atoms with Gasteiger partial charge in [-0.15, -0.1) is 12.4 Å². The van der Waals surface area contributed by atoms with Crippen LogP contribution in [0.4, 0.5) is 4.39 Å². The maximum absolute atomic E-state index is 13.5. The average molecular weight is 330 g/mol. The number of H-pyrrole nitrogens is 1. The first kappa shape index (κ1) is 17.9. The molecule has 0 atom stereocenters. The van der Waals surface area contributed by atoms with Crippen molar-refractivity contribution >= 4 is 35.3 Å². The van der Waals surface area contributed by atoms with Crippen LogP contribution >= 0.6 is 12.4 Å². The Hall–Kier alpha value is -2.15. The van der Waals surface area contributed by atoms with Gasteiger partial charge in [0.1, 0.15) is 11.3 Å². The van der Waals surface area contributed by atoms with Crippen molar-refractivity contribution in [3.63, 3.8) is 0 Å². The van der Waals surface area contributed by atoms with E-state index < -0.39 is 23.2 Å². The van der Waals surface area contributed by atoms with Crippen LogP contribution in [0.3, 0.4) is 0 Å². The first-order valence-electron chi connectivity index (χ1n) is 6.45. The molecular formula is C14H17ClFN3O3. The highest BCUT2D eigenvalue weighted by Crippen LogP contribution is 2.19. The van der Waals surface area contributed by atoms with Crippen molar-refractivity contribution in [3.8, 4) is 0 Å². The molecule has 1 aromatic heterocycles. The molecule has 0 saturated carbocycles. The van der Waals surface area contributed by atoms with E-state index in [-0.39, 0.29) is 30.8 Å². The maximum atomic E-state index is 13.5. The van der Waals surface area contributed by atoms with Crippen LogP contribution in [0.1, 0.15) is 37.0 Å². The summed E-state index contributed by atoms with van der Waals surface area (Å²) in [5.74, 6) is -1.96. The second kappa shape index (κ2) is 6.74. The molecule has 0 fully saturated rings. The summed E-state index contributed by atoms with van der Waals surface area (Å²) in [5, 5.41) is 11.4. The summed E-state index contributed by atoms with van der Waals surface area (Å²) in [5.41, 5.74) is 0.214. The van der Waals surface area contributed by atoms with E-state index in [1.54, 1.807) is 13.8 Å². The van der Waals surface area contributed by atoms with E-state index in [1.165, 1.54) is 12.4 Å². The Morgan fingerprint density at radius 1 is 1.41 bits per heavy atom. The molecule has 0 aliphatic heterocycles. The van der Waals surface area contributed by atoms with Gasteiger partial charge in [-0.1, -0.05) is 0 Å². The van der Waals surface area contributed by atoms with Crippen molar-refractivity contribution < 1.29 is 19.1 Å². The largest absolute Gasteiger partial charge is 0.481 e. The fourth-order valence-electron chi connectivity index (χ4n) is 2.04. The highest BCUT2D eigenvalue weighted by atomic mass is 35.5. The minimum atomic E-state index is -0.933. The fraction of sp³-hybridized carbons (Fsp3) is 0.357. The zero-order chi connectivity index (χ0) is 15.6. The third-order valence-corrected chi connectivity index (χ3v) is 3.15. The normalized spacial score (nSPS) is 11.0. The molecule has 0 radical (unpaired) electrons. The number of carboxylic acids is 1. The lowest BCUT2D eigenvalue weighted by Gasteiger charge is -2.25. The Kier molecular flexibility index (Phi) is 5.48. The summed E-state index contributed by atoms with van der Waals surface area (Å²) in [6.45, 7) is 3.43. The highest BCUT2D eigenvalue weighted by molar-refractivity contribution is 6.05. The minimum Gasteiger partial charge on any atom is -0.481 e. The van der Waals surface area contributed by atoms with Crippen molar-refractivity contribution in [3.05, 3.63) is 29.8 Å². The van der Waals surface area contributed by atoms with Gasteiger partial charge in [0.05, 0.1) is 17.4 Å². The predicted molar refractivity (Wildman–Crippen MR) is 81.7 cm³/mol. The molecule has 0 aliphatic rings. The Balaban J connectivity index is 0.00000242. The number of hydrogen-bond acceptors (Lipinski definition) is 3. The number of carbonyl (C=O) groups is 2.